The molecular formula is C44H25N3O2. The quantitative estimate of drug-likeness (QED) is 0.196. The number of aromatic nitrogens is 3. The van der Waals surface area contributed by atoms with Crippen LogP contribution in [0.3, 0.4) is 0 Å². The molecule has 5 nitrogen and oxygen atoms in total. The first-order chi connectivity index (χ1) is 24.3. The Kier molecular flexibility index (Phi) is 5.32. The van der Waals surface area contributed by atoms with Crippen LogP contribution in [-0.2, 0) is 0 Å². The lowest BCUT2D eigenvalue weighted by Crippen LogP contribution is -1.95. The highest BCUT2D eigenvalue weighted by atomic mass is 16.3. The minimum Gasteiger partial charge on any atom is -0.453 e. The average Bonchev–Trinajstić information content (AvgIpc) is 3.84. The van der Waals surface area contributed by atoms with E-state index >= 15 is 0 Å². The van der Waals surface area contributed by atoms with Crippen molar-refractivity contribution in [3.05, 3.63) is 152 Å². The molecule has 0 unspecified atom stereocenters. The molecule has 0 aliphatic heterocycles. The van der Waals surface area contributed by atoms with Crippen LogP contribution in [-0.4, -0.2) is 14.5 Å². The molecule has 4 heterocycles. The Hall–Kier alpha value is -6.72. The fourth-order valence-electron chi connectivity index (χ4n) is 7.65. The lowest BCUT2D eigenvalue weighted by molar-refractivity contribution is 0.667. The summed E-state index contributed by atoms with van der Waals surface area (Å²) in [7, 11) is 0. The van der Waals surface area contributed by atoms with Crippen molar-refractivity contribution in [3.8, 4) is 28.3 Å². The maximum absolute atomic E-state index is 6.94. The highest BCUT2D eigenvalue weighted by Gasteiger charge is 2.23. The molecule has 0 saturated carbocycles. The van der Waals surface area contributed by atoms with Crippen LogP contribution in [0.2, 0.25) is 0 Å². The standard InChI is InChI=1S/C44H25N3O2/c1-2-13-26(14-3-1)39-43-40(32-19-8-11-24-38(32)48-43)46-44(45-39)34-25-33-31-20-12-23-37(42(31)49-41(33)30-18-5-4-15-27(30)34)47-35-21-9-6-16-28(35)29-17-7-10-22-36(29)47/h1-25H. The van der Waals surface area contributed by atoms with Gasteiger partial charge in [-0.1, -0.05) is 115 Å². The molecule has 0 bridgehead atoms. The van der Waals surface area contributed by atoms with Crippen LogP contribution in [0.5, 0.6) is 0 Å². The summed E-state index contributed by atoms with van der Waals surface area (Å²) in [5.41, 5.74) is 9.95. The summed E-state index contributed by atoms with van der Waals surface area (Å²) in [6.45, 7) is 0. The summed E-state index contributed by atoms with van der Waals surface area (Å²) < 4.78 is 15.7. The topological polar surface area (TPSA) is 57.0 Å². The number of rotatable bonds is 3. The second-order valence-electron chi connectivity index (χ2n) is 12.5. The van der Waals surface area contributed by atoms with E-state index in [4.69, 9.17) is 18.8 Å². The number of fused-ring (bicyclic) bond motifs is 11. The summed E-state index contributed by atoms with van der Waals surface area (Å²) in [5.74, 6) is 0.643. The van der Waals surface area contributed by atoms with Gasteiger partial charge in [-0.05, 0) is 41.8 Å². The molecule has 11 rings (SSSR count). The van der Waals surface area contributed by atoms with Crippen molar-refractivity contribution in [2.75, 3.05) is 0 Å². The maximum Gasteiger partial charge on any atom is 0.180 e. The van der Waals surface area contributed by atoms with E-state index in [9.17, 15) is 0 Å². The largest absolute Gasteiger partial charge is 0.453 e. The van der Waals surface area contributed by atoms with Gasteiger partial charge in [0.15, 0.2) is 17.0 Å². The van der Waals surface area contributed by atoms with Gasteiger partial charge < -0.3 is 13.4 Å². The van der Waals surface area contributed by atoms with E-state index < -0.39 is 0 Å². The zero-order valence-electron chi connectivity index (χ0n) is 26.1. The first-order valence-electron chi connectivity index (χ1n) is 16.4. The van der Waals surface area contributed by atoms with Gasteiger partial charge in [0.1, 0.15) is 22.4 Å². The van der Waals surface area contributed by atoms with Gasteiger partial charge in [0.05, 0.1) is 16.7 Å². The monoisotopic (exact) mass is 627 g/mol. The number of furan rings is 2. The molecule has 11 aromatic rings. The van der Waals surface area contributed by atoms with Crippen LogP contribution in [0, 0.1) is 0 Å². The Labute approximate surface area is 279 Å². The number of nitrogens with zero attached hydrogens (tertiary/aromatic N) is 3. The van der Waals surface area contributed by atoms with Gasteiger partial charge in [-0.3, -0.25) is 0 Å². The van der Waals surface area contributed by atoms with Gasteiger partial charge in [-0.15, -0.1) is 0 Å². The van der Waals surface area contributed by atoms with Crippen LogP contribution in [0.25, 0.3) is 105 Å². The molecule has 0 radical (unpaired) electrons. The molecule has 0 fully saturated rings. The van der Waals surface area contributed by atoms with Gasteiger partial charge in [0, 0.05) is 43.4 Å². The normalized spacial score (nSPS) is 12.1. The Morgan fingerprint density at radius 1 is 0.429 bits per heavy atom. The summed E-state index contributed by atoms with van der Waals surface area (Å²) in [6, 6.07) is 52.4. The highest BCUT2D eigenvalue weighted by Crippen LogP contribution is 2.43. The summed E-state index contributed by atoms with van der Waals surface area (Å²) in [4.78, 5) is 10.5. The van der Waals surface area contributed by atoms with E-state index in [1.54, 1.807) is 0 Å². The first-order valence-corrected chi connectivity index (χ1v) is 16.4. The first kappa shape index (κ1) is 26.4. The van der Waals surface area contributed by atoms with Gasteiger partial charge in [0.25, 0.3) is 0 Å². The smallest absolute Gasteiger partial charge is 0.180 e. The Bertz CT molecular complexity index is 3060. The number of para-hydroxylation sites is 4. The Morgan fingerprint density at radius 2 is 1.04 bits per heavy atom. The molecule has 228 valence electrons. The fourth-order valence-corrected chi connectivity index (χ4v) is 7.65. The minimum atomic E-state index is 0.643. The predicted octanol–water partition coefficient (Wildman–Crippen LogP) is 11.9. The van der Waals surface area contributed by atoms with Crippen molar-refractivity contribution in [2.45, 2.75) is 0 Å². The summed E-state index contributed by atoms with van der Waals surface area (Å²) in [6.07, 6.45) is 0. The van der Waals surface area contributed by atoms with Crippen molar-refractivity contribution in [3.63, 3.8) is 0 Å². The van der Waals surface area contributed by atoms with Gasteiger partial charge in [-0.2, -0.15) is 0 Å². The van der Waals surface area contributed by atoms with E-state index in [1.165, 1.54) is 10.8 Å². The van der Waals surface area contributed by atoms with Gasteiger partial charge >= 0.3 is 0 Å². The molecule has 0 atom stereocenters. The predicted molar refractivity (Wildman–Crippen MR) is 199 cm³/mol. The molecule has 0 spiro atoms. The van der Waals surface area contributed by atoms with Crippen molar-refractivity contribution in [2.24, 2.45) is 0 Å². The molecule has 5 heteroatoms. The van der Waals surface area contributed by atoms with Crippen molar-refractivity contribution >= 4 is 76.6 Å². The molecule has 49 heavy (non-hydrogen) atoms. The molecule has 0 N–H and O–H groups in total. The lowest BCUT2D eigenvalue weighted by atomic mass is 9.99. The molecule has 0 aliphatic rings. The van der Waals surface area contributed by atoms with E-state index in [0.29, 0.717) is 11.4 Å². The Balaban J connectivity index is 1.24. The average molecular weight is 628 g/mol. The third-order valence-electron chi connectivity index (χ3n) is 9.81. The van der Waals surface area contributed by atoms with Crippen molar-refractivity contribution < 1.29 is 8.83 Å². The maximum atomic E-state index is 6.94. The van der Waals surface area contributed by atoms with E-state index in [2.05, 4.69) is 120 Å². The number of hydrogen-bond acceptors (Lipinski definition) is 4. The zero-order valence-corrected chi connectivity index (χ0v) is 26.1. The zero-order chi connectivity index (χ0) is 32.1. The molecule has 0 amide bonds. The van der Waals surface area contributed by atoms with Crippen LogP contribution in [0.1, 0.15) is 0 Å². The van der Waals surface area contributed by atoms with Crippen LogP contribution in [0.4, 0.5) is 0 Å². The summed E-state index contributed by atoms with van der Waals surface area (Å²) >= 11 is 0. The van der Waals surface area contributed by atoms with E-state index in [1.807, 2.05) is 36.4 Å². The molecule has 0 saturated heterocycles. The van der Waals surface area contributed by atoms with E-state index in [-0.39, 0.29) is 0 Å². The number of benzene rings is 7. The number of hydrogen-bond donors (Lipinski definition) is 0. The third kappa shape index (κ3) is 3.70. The van der Waals surface area contributed by atoms with Crippen molar-refractivity contribution in [1.82, 2.24) is 14.5 Å². The molecule has 7 aromatic carbocycles. The molecule has 0 aliphatic carbocycles. The molecule has 4 aromatic heterocycles. The molecular weight excluding hydrogens is 603 g/mol. The minimum absolute atomic E-state index is 0.643. The van der Waals surface area contributed by atoms with Crippen LogP contribution in [0.15, 0.2) is 160 Å². The lowest BCUT2D eigenvalue weighted by Gasteiger charge is -2.09. The second-order valence-corrected chi connectivity index (χ2v) is 12.5. The fraction of sp³-hybridized carbons (Fsp3) is 0. The third-order valence-corrected chi connectivity index (χ3v) is 9.81. The van der Waals surface area contributed by atoms with Crippen molar-refractivity contribution in [1.29, 1.82) is 0 Å². The Morgan fingerprint density at radius 3 is 1.82 bits per heavy atom. The second kappa shape index (κ2) is 9.89. The van der Waals surface area contributed by atoms with E-state index in [0.717, 1.165) is 82.7 Å². The highest BCUT2D eigenvalue weighted by molar-refractivity contribution is 6.21. The van der Waals surface area contributed by atoms with Crippen LogP contribution < -0.4 is 0 Å². The van der Waals surface area contributed by atoms with Crippen LogP contribution >= 0.6 is 0 Å². The summed E-state index contributed by atoms with van der Waals surface area (Å²) in [5, 5.41) is 7.50. The van der Waals surface area contributed by atoms with Gasteiger partial charge in [0.2, 0.25) is 0 Å². The van der Waals surface area contributed by atoms with Gasteiger partial charge in [-0.25, -0.2) is 9.97 Å². The SMILES string of the molecule is c1ccc(-c2nc(-c3cc4c5cccc(-n6c7ccccc7c7ccccc76)c5oc4c4ccccc34)nc3c2oc2ccccc23)cc1.